The number of hydrogen-bond donors (Lipinski definition) is 1. The van der Waals surface area contributed by atoms with E-state index in [9.17, 15) is 4.39 Å². The minimum Gasteiger partial charge on any atom is -0.378 e. The van der Waals surface area contributed by atoms with Crippen molar-refractivity contribution in [2.45, 2.75) is 12.8 Å². The van der Waals surface area contributed by atoms with Gasteiger partial charge in [-0.1, -0.05) is 49.4 Å². The molecule has 6 nitrogen and oxygen atoms in total. The Balaban J connectivity index is 1.48. The summed E-state index contributed by atoms with van der Waals surface area (Å²) >= 11 is 1.28. The first-order valence-corrected chi connectivity index (χ1v) is 10.7. The van der Waals surface area contributed by atoms with Gasteiger partial charge in [-0.3, -0.25) is 4.99 Å². The molecule has 1 atom stereocenters. The number of ether oxygens (including phenoxy) is 1. The summed E-state index contributed by atoms with van der Waals surface area (Å²) in [6.07, 6.45) is 0. The minimum atomic E-state index is -0.244. The third kappa shape index (κ3) is 4.49. The van der Waals surface area contributed by atoms with E-state index in [1.165, 1.54) is 11.5 Å². The zero-order valence-corrected chi connectivity index (χ0v) is 17.8. The van der Waals surface area contributed by atoms with Crippen molar-refractivity contribution in [2.75, 3.05) is 38.7 Å². The molecule has 3 aromatic rings. The molecule has 0 amide bonds. The van der Waals surface area contributed by atoms with Gasteiger partial charge in [-0.15, -0.1) is 0 Å². The van der Waals surface area contributed by atoms with Crippen LogP contribution in [0.4, 0.5) is 9.52 Å². The van der Waals surface area contributed by atoms with Crippen LogP contribution >= 0.6 is 11.5 Å². The average molecular weight is 426 g/mol. The van der Waals surface area contributed by atoms with Crippen LogP contribution in [0.5, 0.6) is 0 Å². The van der Waals surface area contributed by atoms with Gasteiger partial charge in [0.2, 0.25) is 5.13 Å². The van der Waals surface area contributed by atoms with Crippen LogP contribution in [0.25, 0.3) is 11.1 Å². The Morgan fingerprint density at radius 1 is 1.20 bits per heavy atom. The predicted molar refractivity (Wildman–Crippen MR) is 119 cm³/mol. The summed E-state index contributed by atoms with van der Waals surface area (Å²) in [5, 5.41) is 3.93. The maximum atomic E-state index is 14.8. The van der Waals surface area contributed by atoms with E-state index in [2.05, 4.69) is 24.6 Å². The quantitative estimate of drug-likeness (QED) is 0.501. The van der Waals surface area contributed by atoms with Crippen LogP contribution in [0.15, 0.2) is 53.5 Å². The Labute approximate surface area is 179 Å². The van der Waals surface area contributed by atoms with E-state index >= 15 is 0 Å². The molecule has 0 radical (unpaired) electrons. The highest BCUT2D eigenvalue weighted by Gasteiger charge is 2.19. The summed E-state index contributed by atoms with van der Waals surface area (Å²) in [6, 6.07) is 14.9. The number of aliphatic imine (C=N–C) groups is 1. The zero-order chi connectivity index (χ0) is 20.9. The van der Waals surface area contributed by atoms with Crippen molar-refractivity contribution in [3.8, 4) is 11.1 Å². The second-order valence-corrected chi connectivity index (χ2v) is 7.81. The summed E-state index contributed by atoms with van der Waals surface area (Å²) in [6.45, 7) is 4.93. The molecule has 4 rings (SSSR count). The number of morpholine rings is 1. The van der Waals surface area contributed by atoms with E-state index in [-0.39, 0.29) is 11.7 Å². The van der Waals surface area contributed by atoms with Crippen molar-refractivity contribution in [1.82, 2.24) is 14.3 Å². The van der Waals surface area contributed by atoms with Crippen LogP contribution in [0.2, 0.25) is 0 Å². The Hall–Kier alpha value is -2.84. The lowest BCUT2D eigenvalue weighted by Gasteiger charge is -2.29. The molecule has 1 N–H and O–H groups in total. The molecule has 1 aromatic heterocycles. The van der Waals surface area contributed by atoms with Gasteiger partial charge >= 0.3 is 0 Å². The third-order valence-corrected chi connectivity index (χ3v) is 5.79. The highest BCUT2D eigenvalue weighted by molar-refractivity contribution is 7.09. The molecule has 1 aliphatic rings. The molecule has 30 heavy (non-hydrogen) atoms. The Morgan fingerprint density at radius 2 is 1.97 bits per heavy atom. The molecule has 0 saturated carbocycles. The number of hydrogen-bond acceptors (Lipinski definition) is 5. The summed E-state index contributed by atoms with van der Waals surface area (Å²) in [7, 11) is 1.75. The van der Waals surface area contributed by atoms with Gasteiger partial charge < -0.3 is 15.0 Å². The first-order chi connectivity index (χ1) is 14.7. The number of anilines is 1. The second-order valence-electron chi connectivity index (χ2n) is 7.06. The Kier molecular flexibility index (Phi) is 6.35. The van der Waals surface area contributed by atoms with Crippen molar-refractivity contribution in [2.24, 2.45) is 4.99 Å². The molecule has 8 heteroatoms. The molecule has 1 fully saturated rings. The van der Waals surface area contributed by atoms with Crippen LogP contribution in [-0.4, -0.2) is 53.6 Å². The molecule has 2 aromatic carbocycles. The van der Waals surface area contributed by atoms with E-state index in [0.717, 1.165) is 30.2 Å². The van der Waals surface area contributed by atoms with Crippen LogP contribution in [-0.2, 0) is 4.74 Å². The number of benzene rings is 2. The van der Waals surface area contributed by atoms with Gasteiger partial charge in [0.05, 0.1) is 13.2 Å². The summed E-state index contributed by atoms with van der Waals surface area (Å²) in [5.41, 5.74) is 2.30. The number of nitrogens with one attached hydrogen (secondary N) is 1. The number of halogens is 1. The zero-order valence-electron chi connectivity index (χ0n) is 17.0. The molecule has 156 valence electrons. The first kappa shape index (κ1) is 20.4. The van der Waals surface area contributed by atoms with Gasteiger partial charge in [0.25, 0.3) is 0 Å². The molecule has 1 saturated heterocycles. The van der Waals surface area contributed by atoms with Gasteiger partial charge in [-0.25, -0.2) is 9.37 Å². The number of rotatable bonds is 4. The van der Waals surface area contributed by atoms with Crippen molar-refractivity contribution in [1.29, 1.82) is 0 Å². The summed E-state index contributed by atoms with van der Waals surface area (Å²) in [4.78, 5) is 11.1. The van der Waals surface area contributed by atoms with Crippen molar-refractivity contribution < 1.29 is 9.13 Å². The normalized spacial score (nSPS) is 15.8. The predicted octanol–water partition coefficient (Wildman–Crippen LogP) is 4.23. The number of aromatic nitrogens is 2. The highest BCUT2D eigenvalue weighted by atomic mass is 32.1. The SMILES string of the molecule is CN=C(Nc1nc(C(C)c2ccc(-c3ccccc3)c(F)c2)ns1)N1CCOCC1. The number of nitrogens with zero attached hydrogens (tertiary/aromatic N) is 4. The maximum Gasteiger partial charge on any atom is 0.209 e. The lowest BCUT2D eigenvalue weighted by atomic mass is 9.96. The third-order valence-electron chi connectivity index (χ3n) is 5.15. The summed E-state index contributed by atoms with van der Waals surface area (Å²) < 4.78 is 24.6. The van der Waals surface area contributed by atoms with E-state index in [4.69, 9.17) is 4.74 Å². The van der Waals surface area contributed by atoms with Crippen LogP contribution in [0.3, 0.4) is 0 Å². The molecule has 2 heterocycles. The first-order valence-electron chi connectivity index (χ1n) is 9.90. The average Bonchev–Trinajstić information content (AvgIpc) is 3.26. The molecule has 1 unspecified atom stereocenters. The van der Waals surface area contributed by atoms with Gasteiger partial charge in [-0.2, -0.15) is 4.37 Å². The monoisotopic (exact) mass is 425 g/mol. The van der Waals surface area contributed by atoms with Crippen LogP contribution in [0, 0.1) is 5.82 Å². The lowest BCUT2D eigenvalue weighted by molar-refractivity contribution is 0.0680. The van der Waals surface area contributed by atoms with Crippen LogP contribution in [0.1, 0.15) is 24.2 Å². The molecular formula is C22H24FN5OS. The number of guanidine groups is 1. The van der Waals surface area contributed by atoms with Gasteiger partial charge in [0.1, 0.15) is 5.82 Å². The van der Waals surface area contributed by atoms with E-state index in [1.54, 1.807) is 13.1 Å². The van der Waals surface area contributed by atoms with Crippen molar-refractivity contribution in [3.05, 3.63) is 65.7 Å². The molecule has 0 bridgehead atoms. The highest BCUT2D eigenvalue weighted by Crippen LogP contribution is 2.29. The van der Waals surface area contributed by atoms with E-state index < -0.39 is 0 Å². The summed E-state index contributed by atoms with van der Waals surface area (Å²) in [5.74, 6) is 1.05. The Morgan fingerprint density at radius 3 is 2.67 bits per heavy atom. The molecule has 0 spiro atoms. The topological polar surface area (TPSA) is 62.6 Å². The molecular weight excluding hydrogens is 401 g/mol. The van der Waals surface area contributed by atoms with Gasteiger partial charge in [-0.05, 0) is 17.2 Å². The smallest absolute Gasteiger partial charge is 0.209 e. The lowest BCUT2D eigenvalue weighted by Crippen LogP contribution is -2.44. The fourth-order valence-corrected chi connectivity index (χ4v) is 4.06. The molecule has 1 aliphatic heterocycles. The minimum absolute atomic E-state index is 0.124. The molecule has 0 aliphatic carbocycles. The maximum absolute atomic E-state index is 14.8. The second kappa shape index (κ2) is 9.32. The standard InChI is InChI=1S/C22H24FN5OS/c1-15(17-8-9-18(19(23)14-17)16-6-4-3-5-7-16)20-25-22(30-27-20)26-21(24-2)28-10-12-29-13-11-28/h3-9,14-15H,10-13H2,1-2H3,(H,24,25,26,27). The largest absolute Gasteiger partial charge is 0.378 e. The van der Waals surface area contributed by atoms with E-state index in [0.29, 0.717) is 29.7 Å². The van der Waals surface area contributed by atoms with Gasteiger partial charge in [0, 0.05) is 43.2 Å². The van der Waals surface area contributed by atoms with Crippen LogP contribution < -0.4 is 5.32 Å². The Bertz CT molecular complexity index is 1020. The van der Waals surface area contributed by atoms with Crippen molar-refractivity contribution >= 4 is 22.6 Å². The van der Waals surface area contributed by atoms with Gasteiger partial charge in [0.15, 0.2) is 11.8 Å². The van der Waals surface area contributed by atoms with E-state index in [1.807, 2.05) is 49.4 Å². The fraction of sp³-hybridized carbons (Fsp3) is 0.318. The van der Waals surface area contributed by atoms with Crippen molar-refractivity contribution in [3.63, 3.8) is 0 Å². The fourth-order valence-electron chi connectivity index (χ4n) is 3.41.